The standard InChI is InChI=1S/C33H33N3O7/c1-19-8-10-22(16-26(19)31(37)34-24-11-13-29(41-3)30(17-24)42-4)28-12-9-21(18-43-28)14-27-20(2)35-36(32(27)38)25-7-5-6-23(15-25)33(39)40/h5-7,9-13,15-17,19,27H,8,14,18H2,1-4H3,(H,34,37)(H,39,40). The molecule has 2 N–H and O–H groups in total. The first kappa shape index (κ1) is 29.4. The number of benzene rings is 2. The number of hydrogen-bond acceptors (Lipinski definition) is 7. The number of nitrogens with one attached hydrogen (secondary N) is 1. The second-order valence-corrected chi connectivity index (χ2v) is 10.6. The summed E-state index contributed by atoms with van der Waals surface area (Å²) in [7, 11) is 3.10. The third-order valence-electron chi connectivity index (χ3n) is 7.68. The summed E-state index contributed by atoms with van der Waals surface area (Å²) in [4.78, 5) is 37.8. The molecule has 2 aromatic rings. The minimum Gasteiger partial charge on any atom is -0.493 e. The fourth-order valence-corrected chi connectivity index (χ4v) is 5.20. The van der Waals surface area contributed by atoms with Crippen LogP contribution in [0.2, 0.25) is 0 Å². The van der Waals surface area contributed by atoms with Crippen LogP contribution in [0.4, 0.5) is 11.4 Å². The van der Waals surface area contributed by atoms with E-state index in [2.05, 4.69) is 16.5 Å². The van der Waals surface area contributed by atoms with E-state index in [1.54, 1.807) is 51.5 Å². The van der Waals surface area contributed by atoms with Crippen molar-refractivity contribution < 1.29 is 33.7 Å². The second kappa shape index (κ2) is 12.4. The Kier molecular flexibility index (Phi) is 8.47. The van der Waals surface area contributed by atoms with Crippen LogP contribution in [0.1, 0.15) is 37.0 Å². The van der Waals surface area contributed by atoms with Gasteiger partial charge < -0.3 is 24.6 Å². The van der Waals surface area contributed by atoms with Gasteiger partial charge in [0, 0.05) is 28.6 Å². The van der Waals surface area contributed by atoms with Gasteiger partial charge in [0.15, 0.2) is 11.5 Å². The highest BCUT2D eigenvalue weighted by molar-refractivity contribution is 6.15. The highest BCUT2D eigenvalue weighted by Gasteiger charge is 2.35. The average Bonchev–Trinajstić information content (AvgIpc) is 3.30. The van der Waals surface area contributed by atoms with E-state index in [4.69, 9.17) is 14.2 Å². The summed E-state index contributed by atoms with van der Waals surface area (Å²) in [6.07, 6.45) is 8.84. The summed E-state index contributed by atoms with van der Waals surface area (Å²) in [5, 5.41) is 17.9. The fraction of sp³-hybridized carbons (Fsp3) is 0.273. The topological polar surface area (TPSA) is 127 Å². The molecule has 2 heterocycles. The first-order valence-electron chi connectivity index (χ1n) is 13.9. The number of amides is 2. The number of hydrogen-bond donors (Lipinski definition) is 2. The van der Waals surface area contributed by atoms with E-state index in [1.165, 1.54) is 17.1 Å². The highest BCUT2D eigenvalue weighted by atomic mass is 16.5. The molecular weight excluding hydrogens is 550 g/mol. The number of allylic oxidation sites excluding steroid dienone is 4. The zero-order valence-electron chi connectivity index (χ0n) is 24.4. The lowest BCUT2D eigenvalue weighted by atomic mass is 9.88. The summed E-state index contributed by atoms with van der Waals surface area (Å²) >= 11 is 0. The number of hydrazone groups is 1. The molecule has 2 atom stereocenters. The van der Waals surface area contributed by atoms with Crippen molar-refractivity contribution in [1.29, 1.82) is 0 Å². The number of carboxylic acids is 1. The second-order valence-electron chi connectivity index (χ2n) is 10.6. The number of carbonyl (C=O) groups excluding carboxylic acids is 2. The van der Waals surface area contributed by atoms with Gasteiger partial charge in [0.2, 0.25) is 0 Å². The van der Waals surface area contributed by atoms with Gasteiger partial charge in [0.05, 0.1) is 31.4 Å². The molecule has 0 radical (unpaired) electrons. The minimum absolute atomic E-state index is 0.0222. The normalized spacial score (nSPS) is 19.8. The molecule has 10 nitrogen and oxygen atoms in total. The smallest absolute Gasteiger partial charge is 0.335 e. The number of aromatic carboxylic acids is 1. The maximum Gasteiger partial charge on any atom is 0.335 e. The van der Waals surface area contributed by atoms with E-state index in [-0.39, 0.29) is 23.3 Å². The van der Waals surface area contributed by atoms with Crippen molar-refractivity contribution in [3.05, 3.63) is 94.8 Å². The number of rotatable bonds is 9. The zero-order chi connectivity index (χ0) is 30.7. The van der Waals surface area contributed by atoms with E-state index in [9.17, 15) is 19.5 Å². The monoisotopic (exact) mass is 583 g/mol. The molecule has 5 rings (SSSR count). The number of methoxy groups -OCH3 is 2. The third kappa shape index (κ3) is 6.23. The molecule has 2 unspecified atom stereocenters. The molecular formula is C33H33N3O7. The molecule has 1 aliphatic carbocycles. The Balaban J connectivity index is 1.26. The van der Waals surface area contributed by atoms with Crippen LogP contribution < -0.4 is 19.8 Å². The Morgan fingerprint density at radius 1 is 1.12 bits per heavy atom. The van der Waals surface area contributed by atoms with Crippen LogP contribution in [0.15, 0.2) is 94.3 Å². The first-order valence-corrected chi connectivity index (χ1v) is 13.9. The lowest BCUT2D eigenvalue weighted by Crippen LogP contribution is -2.28. The van der Waals surface area contributed by atoms with Gasteiger partial charge in [-0.2, -0.15) is 5.10 Å². The summed E-state index contributed by atoms with van der Waals surface area (Å²) in [6.45, 7) is 4.10. The Bertz CT molecular complexity index is 1630. The molecule has 0 aromatic heterocycles. The quantitative estimate of drug-likeness (QED) is 0.399. The van der Waals surface area contributed by atoms with Gasteiger partial charge in [0.1, 0.15) is 12.4 Å². The third-order valence-corrected chi connectivity index (χ3v) is 7.68. The summed E-state index contributed by atoms with van der Waals surface area (Å²) < 4.78 is 16.7. The molecule has 0 saturated carbocycles. The molecule has 0 bridgehead atoms. The zero-order valence-corrected chi connectivity index (χ0v) is 24.4. The van der Waals surface area contributed by atoms with E-state index >= 15 is 0 Å². The van der Waals surface area contributed by atoms with Gasteiger partial charge in [-0.3, -0.25) is 9.59 Å². The van der Waals surface area contributed by atoms with Gasteiger partial charge in [-0.15, -0.1) is 0 Å². The van der Waals surface area contributed by atoms with Crippen LogP contribution in [0.5, 0.6) is 11.5 Å². The predicted molar refractivity (Wildman–Crippen MR) is 162 cm³/mol. The van der Waals surface area contributed by atoms with Crippen molar-refractivity contribution in [3.63, 3.8) is 0 Å². The Hall–Kier alpha value is -5.12. The Morgan fingerprint density at radius 3 is 2.60 bits per heavy atom. The Morgan fingerprint density at radius 2 is 1.91 bits per heavy atom. The van der Waals surface area contributed by atoms with Crippen molar-refractivity contribution in [2.45, 2.75) is 26.7 Å². The number of anilines is 2. The van der Waals surface area contributed by atoms with Gasteiger partial charge >= 0.3 is 5.97 Å². The average molecular weight is 584 g/mol. The van der Waals surface area contributed by atoms with Crippen LogP contribution in [-0.4, -0.2) is 49.4 Å². The Labute approximate surface area is 249 Å². The lowest BCUT2D eigenvalue weighted by molar-refractivity contribution is -0.119. The summed E-state index contributed by atoms with van der Waals surface area (Å²) in [6, 6.07) is 11.4. The van der Waals surface area contributed by atoms with Gasteiger partial charge in [-0.1, -0.05) is 25.1 Å². The fourth-order valence-electron chi connectivity index (χ4n) is 5.20. The van der Waals surface area contributed by atoms with Crippen molar-refractivity contribution in [3.8, 4) is 11.5 Å². The highest BCUT2D eigenvalue weighted by Crippen LogP contribution is 2.34. The van der Waals surface area contributed by atoms with E-state index < -0.39 is 11.9 Å². The molecule has 10 heteroatoms. The van der Waals surface area contributed by atoms with Gasteiger partial charge in [-0.25, -0.2) is 9.80 Å². The summed E-state index contributed by atoms with van der Waals surface area (Å²) in [5.74, 6) is -0.182. The van der Waals surface area contributed by atoms with Crippen LogP contribution in [-0.2, 0) is 14.3 Å². The maximum atomic E-state index is 13.2. The summed E-state index contributed by atoms with van der Waals surface area (Å²) in [5.41, 5.74) is 4.15. The largest absolute Gasteiger partial charge is 0.493 e. The molecule has 0 fully saturated rings. The molecule has 0 spiro atoms. The van der Waals surface area contributed by atoms with Crippen LogP contribution in [0.3, 0.4) is 0 Å². The predicted octanol–water partition coefficient (Wildman–Crippen LogP) is 5.50. The number of ether oxygens (including phenoxy) is 3. The van der Waals surface area contributed by atoms with E-state index in [1.807, 2.05) is 25.2 Å². The minimum atomic E-state index is -1.07. The molecule has 2 aliphatic heterocycles. The maximum absolute atomic E-state index is 13.2. The molecule has 2 aromatic carbocycles. The lowest BCUT2D eigenvalue weighted by Gasteiger charge is -2.24. The molecule has 43 heavy (non-hydrogen) atoms. The number of nitrogens with zero attached hydrogens (tertiary/aromatic N) is 2. The number of carbonyl (C=O) groups is 3. The van der Waals surface area contributed by atoms with E-state index in [0.29, 0.717) is 59.4 Å². The van der Waals surface area contributed by atoms with Crippen molar-refractivity contribution in [1.82, 2.24) is 0 Å². The van der Waals surface area contributed by atoms with Crippen LogP contribution >= 0.6 is 0 Å². The molecule has 3 aliphatic rings. The molecule has 222 valence electrons. The van der Waals surface area contributed by atoms with Crippen LogP contribution in [0, 0.1) is 11.8 Å². The number of carboxylic acid groups (broad SMARTS) is 1. The SMILES string of the molecule is COc1ccc(NC(=O)C2=CC(C3=CC=C(CC4C(=O)N(c5cccc(C(=O)O)c5)N=C4C)CO3)=CCC2C)cc1OC. The van der Waals surface area contributed by atoms with Crippen molar-refractivity contribution >= 4 is 34.9 Å². The van der Waals surface area contributed by atoms with Crippen molar-refractivity contribution in [2.75, 3.05) is 31.2 Å². The molecule has 2 amide bonds. The molecule has 0 saturated heterocycles. The van der Waals surface area contributed by atoms with Gasteiger partial charge in [0.25, 0.3) is 11.8 Å². The van der Waals surface area contributed by atoms with Crippen molar-refractivity contribution in [2.24, 2.45) is 16.9 Å². The van der Waals surface area contributed by atoms with Gasteiger partial charge in [-0.05, 0) is 73.7 Å². The first-order chi connectivity index (χ1) is 20.7. The van der Waals surface area contributed by atoms with Crippen LogP contribution in [0.25, 0.3) is 0 Å². The van der Waals surface area contributed by atoms with E-state index in [0.717, 1.165) is 11.1 Å².